The predicted molar refractivity (Wildman–Crippen MR) is 162 cm³/mol. The zero-order valence-electron chi connectivity index (χ0n) is 23.1. The molecule has 13 heteroatoms. The lowest BCUT2D eigenvalue weighted by atomic mass is 10.1. The number of halogens is 1. The molecule has 4 aromatic rings. The minimum atomic E-state index is -3.44. The summed E-state index contributed by atoms with van der Waals surface area (Å²) >= 11 is 6.10. The summed E-state index contributed by atoms with van der Waals surface area (Å²) in [5, 5.41) is 13.8. The molecule has 2 atom stereocenters. The molecule has 2 aliphatic rings. The van der Waals surface area contributed by atoms with Gasteiger partial charge in [-0.05, 0) is 66.5 Å². The van der Waals surface area contributed by atoms with E-state index in [4.69, 9.17) is 26.5 Å². The van der Waals surface area contributed by atoms with Crippen LogP contribution in [0, 0.1) is 5.92 Å². The highest BCUT2D eigenvalue weighted by molar-refractivity contribution is 7.92. The number of amides is 1. The molecule has 2 fully saturated rings. The summed E-state index contributed by atoms with van der Waals surface area (Å²) in [7, 11) is -1.88. The third-order valence-corrected chi connectivity index (χ3v) is 8.80. The number of aromatic nitrogens is 3. The molecular weight excluding hydrogens is 580 g/mol. The summed E-state index contributed by atoms with van der Waals surface area (Å²) in [6.45, 7) is 0.166. The summed E-state index contributed by atoms with van der Waals surface area (Å²) in [6.07, 6.45) is 9.80. The maximum Gasteiger partial charge on any atom is 0.290 e. The summed E-state index contributed by atoms with van der Waals surface area (Å²) in [5.74, 6) is 0.959. The fourth-order valence-corrected chi connectivity index (χ4v) is 5.59. The van der Waals surface area contributed by atoms with Gasteiger partial charge < -0.3 is 20.1 Å². The number of rotatable bonds is 9. The lowest BCUT2D eigenvalue weighted by Gasteiger charge is -2.18. The number of pyridine rings is 2. The number of hydrogen-bond donors (Lipinski definition) is 3. The summed E-state index contributed by atoms with van der Waals surface area (Å²) in [4.78, 5) is 30.2. The van der Waals surface area contributed by atoms with Gasteiger partial charge in [-0.15, -0.1) is 0 Å². The molecule has 3 aromatic heterocycles. The first-order valence-electron chi connectivity index (χ1n) is 13.4. The number of hydrogen-bond acceptors (Lipinski definition) is 7. The standard InChI is InChI=1S/C28H29ClN6O3S.CH2O2/c1-34(39(2,37)38)25-11-19(17-6-7-17)15-35-16-22(32-27(25)35)14-31-21-8-9-30-26(12-21)33-28(36)24-13-23(24)18-4-3-5-20(29)10-18;2-1-3/h3-5,8-12,15-17,23-24H,6-7,13-14H2,1-2H3,(H2,30,31,33,36);1H,(H,2,3)/t23-,24+;/m1./s1. The van der Waals surface area contributed by atoms with Crippen molar-refractivity contribution >= 4 is 56.8 Å². The Bertz CT molecular complexity index is 1740. The van der Waals surface area contributed by atoms with Crippen LogP contribution >= 0.6 is 11.6 Å². The van der Waals surface area contributed by atoms with Crippen molar-refractivity contribution in [2.24, 2.45) is 5.92 Å². The Morgan fingerprint density at radius 1 is 1.19 bits per heavy atom. The molecular formula is C29H31ClN6O5S. The van der Waals surface area contributed by atoms with Crippen LogP contribution in [0.2, 0.25) is 5.02 Å². The van der Waals surface area contributed by atoms with E-state index in [-0.39, 0.29) is 24.2 Å². The number of benzene rings is 1. The fourth-order valence-electron chi connectivity index (χ4n) is 4.90. The molecule has 1 aromatic carbocycles. The maximum absolute atomic E-state index is 12.8. The third-order valence-electron chi connectivity index (χ3n) is 7.38. The Hall–Kier alpha value is -4.16. The second-order valence-corrected chi connectivity index (χ2v) is 13.0. The van der Waals surface area contributed by atoms with Crippen molar-refractivity contribution in [2.75, 3.05) is 28.2 Å². The Balaban J connectivity index is 0.00000113. The van der Waals surface area contributed by atoms with Crippen LogP contribution in [0.25, 0.3) is 5.65 Å². The quantitative estimate of drug-likeness (QED) is 0.231. The van der Waals surface area contributed by atoms with Gasteiger partial charge in [0.1, 0.15) is 5.82 Å². The first-order valence-corrected chi connectivity index (χ1v) is 15.6. The van der Waals surface area contributed by atoms with Crippen molar-refractivity contribution in [3.8, 4) is 0 Å². The molecule has 0 radical (unpaired) electrons. The van der Waals surface area contributed by atoms with E-state index in [0.29, 0.717) is 34.6 Å². The normalized spacial score (nSPS) is 17.6. The van der Waals surface area contributed by atoms with Gasteiger partial charge in [-0.25, -0.2) is 18.4 Å². The van der Waals surface area contributed by atoms with Gasteiger partial charge in [0.05, 0.1) is 24.2 Å². The highest BCUT2D eigenvalue weighted by Crippen LogP contribution is 2.48. The molecule has 0 spiro atoms. The van der Waals surface area contributed by atoms with Crippen LogP contribution in [0.15, 0.2) is 61.1 Å². The number of nitrogens with one attached hydrogen (secondary N) is 2. The van der Waals surface area contributed by atoms with E-state index in [1.165, 1.54) is 10.6 Å². The molecule has 6 rings (SSSR count). The van der Waals surface area contributed by atoms with Crippen LogP contribution in [-0.4, -0.2) is 53.6 Å². The molecule has 220 valence electrons. The molecule has 0 bridgehead atoms. The molecule has 42 heavy (non-hydrogen) atoms. The molecule has 3 heterocycles. The molecule has 0 unspecified atom stereocenters. The van der Waals surface area contributed by atoms with Crippen molar-refractivity contribution < 1.29 is 23.1 Å². The van der Waals surface area contributed by atoms with E-state index in [9.17, 15) is 13.2 Å². The second-order valence-electron chi connectivity index (χ2n) is 10.5. The van der Waals surface area contributed by atoms with Gasteiger partial charge >= 0.3 is 0 Å². The molecule has 0 aliphatic heterocycles. The highest BCUT2D eigenvalue weighted by Gasteiger charge is 2.44. The van der Waals surface area contributed by atoms with Crippen molar-refractivity contribution in [1.82, 2.24) is 14.4 Å². The topological polar surface area (TPSA) is 146 Å². The fraction of sp³-hybridized carbons (Fsp3) is 0.310. The number of fused-ring (bicyclic) bond motifs is 1. The van der Waals surface area contributed by atoms with Gasteiger partial charge in [0.15, 0.2) is 5.65 Å². The minimum Gasteiger partial charge on any atom is -0.483 e. The molecule has 2 saturated carbocycles. The van der Waals surface area contributed by atoms with Crippen molar-refractivity contribution in [1.29, 1.82) is 0 Å². The molecule has 2 aliphatic carbocycles. The summed E-state index contributed by atoms with van der Waals surface area (Å²) < 4.78 is 27.8. The lowest BCUT2D eigenvalue weighted by molar-refractivity contribution is -0.123. The Kier molecular flexibility index (Phi) is 8.37. The zero-order valence-corrected chi connectivity index (χ0v) is 24.6. The van der Waals surface area contributed by atoms with E-state index in [1.54, 1.807) is 19.3 Å². The number of anilines is 3. The highest BCUT2D eigenvalue weighted by atomic mass is 35.5. The zero-order chi connectivity index (χ0) is 30.0. The van der Waals surface area contributed by atoms with Crippen LogP contribution in [0.5, 0.6) is 0 Å². The number of carbonyl (C=O) groups excluding carboxylic acids is 1. The first-order chi connectivity index (χ1) is 20.1. The largest absolute Gasteiger partial charge is 0.483 e. The first kappa shape index (κ1) is 29.3. The molecule has 1 amide bonds. The monoisotopic (exact) mass is 610 g/mol. The second kappa shape index (κ2) is 12.0. The minimum absolute atomic E-state index is 0.0565. The third kappa shape index (κ3) is 6.82. The summed E-state index contributed by atoms with van der Waals surface area (Å²) in [6, 6.07) is 13.2. The van der Waals surface area contributed by atoms with E-state index in [0.717, 1.165) is 41.8 Å². The van der Waals surface area contributed by atoms with Gasteiger partial charge in [-0.3, -0.25) is 13.9 Å². The van der Waals surface area contributed by atoms with Gasteiger partial charge in [0.2, 0.25) is 15.9 Å². The lowest BCUT2D eigenvalue weighted by Crippen LogP contribution is -2.25. The SMILES string of the molecule is CN(c1cc(C2CC2)cn2cc(CNc3ccnc(NC(=O)[C@H]4C[C@@H]4c4cccc(Cl)c4)c3)nc12)S(C)(=O)=O.O=CO. The van der Waals surface area contributed by atoms with Crippen LogP contribution < -0.4 is 14.9 Å². The van der Waals surface area contributed by atoms with Crippen molar-refractivity contribution in [2.45, 2.75) is 37.6 Å². The van der Waals surface area contributed by atoms with Gasteiger partial charge in [-0.1, -0.05) is 23.7 Å². The maximum atomic E-state index is 12.8. The smallest absolute Gasteiger partial charge is 0.290 e. The van der Waals surface area contributed by atoms with Crippen molar-refractivity contribution in [3.05, 3.63) is 82.9 Å². The van der Waals surface area contributed by atoms with Crippen LogP contribution in [0.3, 0.4) is 0 Å². The van der Waals surface area contributed by atoms with Gasteiger partial charge in [-0.2, -0.15) is 0 Å². The Morgan fingerprint density at radius 3 is 2.64 bits per heavy atom. The Labute approximate surface area is 248 Å². The molecule has 3 N–H and O–H groups in total. The van der Waals surface area contributed by atoms with E-state index in [1.807, 2.05) is 53.2 Å². The number of imidazole rings is 1. The van der Waals surface area contributed by atoms with E-state index < -0.39 is 10.0 Å². The van der Waals surface area contributed by atoms with Gasteiger partial charge in [0, 0.05) is 48.3 Å². The molecule has 0 saturated heterocycles. The number of carboxylic acid groups (broad SMARTS) is 1. The number of nitrogens with zero attached hydrogens (tertiary/aromatic N) is 4. The van der Waals surface area contributed by atoms with Gasteiger partial charge in [0.25, 0.3) is 6.47 Å². The number of sulfonamides is 1. The van der Waals surface area contributed by atoms with Crippen LogP contribution in [-0.2, 0) is 26.2 Å². The van der Waals surface area contributed by atoms with Crippen LogP contribution in [0.4, 0.5) is 17.2 Å². The van der Waals surface area contributed by atoms with Crippen molar-refractivity contribution in [3.63, 3.8) is 0 Å². The average molecular weight is 611 g/mol. The number of carbonyl (C=O) groups is 2. The molecule has 11 nitrogen and oxygen atoms in total. The van der Waals surface area contributed by atoms with Crippen LogP contribution in [0.1, 0.15) is 47.9 Å². The predicted octanol–water partition coefficient (Wildman–Crippen LogP) is 4.71. The summed E-state index contributed by atoms with van der Waals surface area (Å²) in [5.41, 5.74) is 4.90. The average Bonchev–Trinajstić information content (AvgIpc) is 3.87. The van der Waals surface area contributed by atoms with E-state index >= 15 is 0 Å². The Morgan fingerprint density at radius 2 is 1.95 bits per heavy atom. The van der Waals surface area contributed by atoms with E-state index in [2.05, 4.69) is 15.6 Å².